The monoisotopic (exact) mass is 401 g/mol. The SMILES string of the molecule is O=S(=O)(O)c1ccccc1.[2H]CC(C)(N)c1ccc(-c2ccc(OC)cc2)nc1. The summed E-state index contributed by atoms with van der Waals surface area (Å²) in [4.78, 5) is 4.34. The largest absolute Gasteiger partial charge is 0.497 e. The first-order valence-electron chi connectivity index (χ1n) is 9.09. The molecule has 3 rings (SSSR count). The Balaban J connectivity index is 0.000000253. The van der Waals surface area contributed by atoms with Crippen LogP contribution in [0.5, 0.6) is 5.75 Å². The van der Waals surface area contributed by atoms with E-state index in [1.165, 1.54) is 12.1 Å². The minimum Gasteiger partial charge on any atom is -0.497 e. The van der Waals surface area contributed by atoms with Crippen molar-refractivity contribution in [1.82, 2.24) is 4.98 Å². The van der Waals surface area contributed by atoms with Crippen molar-refractivity contribution in [3.05, 3.63) is 78.5 Å². The maximum Gasteiger partial charge on any atom is 0.294 e. The molecule has 0 spiro atoms. The zero-order valence-electron chi connectivity index (χ0n) is 16.7. The average Bonchev–Trinajstić information content (AvgIpc) is 2.74. The highest BCUT2D eigenvalue weighted by atomic mass is 32.2. The number of aromatic nitrogens is 1. The lowest BCUT2D eigenvalue weighted by molar-refractivity contribution is 0.415. The van der Waals surface area contributed by atoms with Crippen LogP contribution in [0.3, 0.4) is 0 Å². The molecule has 0 amide bonds. The molecule has 1 atom stereocenters. The molecule has 1 heterocycles. The molecule has 1 unspecified atom stereocenters. The summed E-state index contributed by atoms with van der Waals surface area (Å²) in [5, 5.41) is 0. The Morgan fingerprint density at radius 2 is 1.71 bits per heavy atom. The molecule has 0 fully saturated rings. The van der Waals surface area contributed by atoms with Crippen LogP contribution in [0.1, 0.15) is 20.8 Å². The maximum atomic E-state index is 10.4. The predicted octanol–water partition coefficient (Wildman–Crippen LogP) is 3.88. The summed E-state index contributed by atoms with van der Waals surface area (Å²) in [6.45, 7) is 1.97. The molecule has 0 saturated heterocycles. The van der Waals surface area contributed by atoms with E-state index < -0.39 is 15.7 Å². The summed E-state index contributed by atoms with van der Waals surface area (Å²) in [6.07, 6.45) is 1.74. The fourth-order valence-electron chi connectivity index (χ4n) is 2.26. The van der Waals surface area contributed by atoms with Crippen molar-refractivity contribution in [2.24, 2.45) is 5.73 Å². The maximum absolute atomic E-state index is 10.4. The zero-order chi connectivity index (χ0) is 21.5. The van der Waals surface area contributed by atoms with Gasteiger partial charge in [0.2, 0.25) is 0 Å². The van der Waals surface area contributed by atoms with Gasteiger partial charge in [0.15, 0.2) is 0 Å². The Labute approximate surface area is 167 Å². The number of rotatable bonds is 4. The van der Waals surface area contributed by atoms with Crippen LogP contribution < -0.4 is 10.5 Å². The third kappa shape index (κ3) is 6.16. The van der Waals surface area contributed by atoms with Gasteiger partial charge in [0.25, 0.3) is 10.1 Å². The van der Waals surface area contributed by atoms with Crippen molar-refractivity contribution < 1.29 is 19.1 Å². The van der Waals surface area contributed by atoms with E-state index in [2.05, 4.69) is 4.98 Å². The van der Waals surface area contributed by atoms with Gasteiger partial charge in [-0.15, -0.1) is 0 Å². The van der Waals surface area contributed by atoms with Gasteiger partial charge in [-0.3, -0.25) is 9.54 Å². The molecule has 148 valence electrons. The number of pyridine rings is 1. The van der Waals surface area contributed by atoms with Gasteiger partial charge in [-0.05, 0) is 61.9 Å². The van der Waals surface area contributed by atoms with Crippen molar-refractivity contribution in [2.45, 2.75) is 24.3 Å². The van der Waals surface area contributed by atoms with Gasteiger partial charge in [0.1, 0.15) is 5.75 Å². The molecule has 0 saturated carbocycles. The molecule has 0 bridgehead atoms. The fourth-order valence-corrected chi connectivity index (χ4v) is 2.76. The second kappa shape index (κ2) is 8.97. The first-order valence-corrected chi connectivity index (χ1v) is 9.83. The summed E-state index contributed by atoms with van der Waals surface area (Å²) in [5.41, 5.74) is 8.15. The molecule has 28 heavy (non-hydrogen) atoms. The number of hydrogen-bond donors (Lipinski definition) is 2. The van der Waals surface area contributed by atoms with E-state index in [-0.39, 0.29) is 11.8 Å². The molecule has 3 N–H and O–H groups in total. The third-order valence-corrected chi connectivity index (χ3v) is 4.72. The van der Waals surface area contributed by atoms with E-state index in [1.807, 2.05) is 43.3 Å². The molecule has 7 heteroatoms. The van der Waals surface area contributed by atoms with Crippen LogP contribution in [0.4, 0.5) is 0 Å². The Kier molecular flexibility index (Phi) is 6.41. The van der Waals surface area contributed by atoms with Crippen molar-refractivity contribution in [1.29, 1.82) is 0 Å². The lowest BCUT2D eigenvalue weighted by Gasteiger charge is -2.18. The molecule has 0 aliphatic rings. The number of methoxy groups -OCH3 is 1. The minimum absolute atomic E-state index is 0.0741. The van der Waals surface area contributed by atoms with Gasteiger partial charge in [-0.2, -0.15) is 8.42 Å². The second-order valence-corrected chi connectivity index (χ2v) is 7.79. The van der Waals surface area contributed by atoms with Crippen LogP contribution in [0, 0.1) is 0 Å². The van der Waals surface area contributed by atoms with E-state index in [0.29, 0.717) is 0 Å². The van der Waals surface area contributed by atoms with Crippen molar-refractivity contribution >= 4 is 10.1 Å². The van der Waals surface area contributed by atoms with Crippen molar-refractivity contribution in [3.8, 4) is 17.0 Å². The van der Waals surface area contributed by atoms with Gasteiger partial charge >= 0.3 is 0 Å². The van der Waals surface area contributed by atoms with Crippen LogP contribution in [0.15, 0.2) is 77.8 Å². The van der Waals surface area contributed by atoms with Gasteiger partial charge in [0, 0.05) is 18.7 Å². The predicted molar refractivity (Wildman–Crippen MR) is 110 cm³/mol. The van der Waals surface area contributed by atoms with E-state index in [0.717, 1.165) is 22.6 Å². The van der Waals surface area contributed by atoms with Crippen LogP contribution in [-0.2, 0) is 15.7 Å². The highest BCUT2D eigenvalue weighted by Crippen LogP contribution is 2.23. The number of ether oxygens (including phenoxy) is 1. The summed E-state index contributed by atoms with van der Waals surface area (Å²) >= 11 is 0. The highest BCUT2D eigenvalue weighted by molar-refractivity contribution is 7.85. The van der Waals surface area contributed by atoms with Crippen molar-refractivity contribution in [2.75, 3.05) is 7.11 Å². The molecule has 1 aromatic heterocycles. The van der Waals surface area contributed by atoms with Crippen LogP contribution in [0.25, 0.3) is 11.3 Å². The number of nitrogens with zero attached hydrogens (tertiary/aromatic N) is 1. The molecule has 0 aliphatic carbocycles. The van der Waals surface area contributed by atoms with Crippen LogP contribution in [-0.4, -0.2) is 25.1 Å². The Hall–Kier alpha value is -2.74. The fraction of sp³-hybridized carbons (Fsp3) is 0.190. The topological polar surface area (TPSA) is 103 Å². The first kappa shape index (κ1) is 20.0. The van der Waals surface area contributed by atoms with E-state index in [4.69, 9.17) is 16.4 Å². The van der Waals surface area contributed by atoms with E-state index >= 15 is 0 Å². The summed E-state index contributed by atoms with van der Waals surface area (Å²) in [6, 6.07) is 19.0. The van der Waals surface area contributed by atoms with Gasteiger partial charge < -0.3 is 10.5 Å². The Bertz CT molecular complexity index is 1010. The Morgan fingerprint density at radius 3 is 2.14 bits per heavy atom. The smallest absolute Gasteiger partial charge is 0.294 e. The van der Waals surface area contributed by atoms with E-state index in [1.54, 1.807) is 31.5 Å². The average molecular weight is 402 g/mol. The molecule has 0 aliphatic heterocycles. The van der Waals surface area contributed by atoms with Gasteiger partial charge in [0.05, 0.1) is 17.7 Å². The Morgan fingerprint density at radius 1 is 1.07 bits per heavy atom. The lowest BCUT2D eigenvalue weighted by atomic mass is 9.97. The van der Waals surface area contributed by atoms with Gasteiger partial charge in [-0.1, -0.05) is 24.3 Å². The summed E-state index contributed by atoms with van der Waals surface area (Å²) < 4.78 is 41.8. The quantitative estimate of drug-likeness (QED) is 0.643. The summed E-state index contributed by atoms with van der Waals surface area (Å²) in [7, 11) is -2.36. The number of benzene rings is 2. The molecular weight excluding hydrogens is 376 g/mol. The zero-order valence-corrected chi connectivity index (χ0v) is 16.6. The molecule has 0 radical (unpaired) electrons. The van der Waals surface area contributed by atoms with Crippen LogP contribution in [0.2, 0.25) is 0 Å². The van der Waals surface area contributed by atoms with Gasteiger partial charge in [-0.25, -0.2) is 0 Å². The number of hydrogen-bond acceptors (Lipinski definition) is 5. The highest BCUT2D eigenvalue weighted by Gasteiger charge is 2.14. The third-order valence-electron chi connectivity index (χ3n) is 3.85. The standard InChI is InChI=1S/C15H18N2O.C6H6O3S/c1-15(2,16)12-6-9-14(17-10-12)11-4-7-13(18-3)8-5-11;7-10(8,9)6-4-2-1-3-5-6/h4-10H,16H2,1-3H3;1-5H,(H,7,8,9)/i1D;. The van der Waals surface area contributed by atoms with E-state index in [9.17, 15) is 8.42 Å². The molecule has 2 aromatic carbocycles. The first-order chi connectivity index (χ1) is 13.7. The normalized spacial score (nSPS) is 13.5. The second-order valence-electron chi connectivity index (χ2n) is 6.37. The minimum atomic E-state index is -4.00. The molecule has 6 nitrogen and oxygen atoms in total. The molecule has 3 aromatic rings. The molecular formula is C21H24N2O4S. The lowest BCUT2D eigenvalue weighted by Crippen LogP contribution is -2.28. The number of nitrogens with two attached hydrogens (primary N) is 1. The van der Waals surface area contributed by atoms with Crippen LogP contribution >= 0.6 is 0 Å². The van der Waals surface area contributed by atoms with Crippen molar-refractivity contribution in [3.63, 3.8) is 0 Å². The summed E-state index contributed by atoms with van der Waals surface area (Å²) in [5.74, 6) is 0.823.